The van der Waals surface area contributed by atoms with E-state index in [4.69, 9.17) is 14.2 Å². The lowest BCUT2D eigenvalue weighted by molar-refractivity contribution is -0.108. The Hall–Kier alpha value is -5.77. The first-order chi connectivity index (χ1) is 25.9. The highest BCUT2D eigenvalue weighted by molar-refractivity contribution is 5.72. The van der Waals surface area contributed by atoms with Crippen LogP contribution in [-0.2, 0) is 29.2 Å². The number of rotatable bonds is 8. The van der Waals surface area contributed by atoms with Crippen molar-refractivity contribution in [1.29, 1.82) is 0 Å². The first-order valence-corrected chi connectivity index (χ1v) is 17.9. The van der Waals surface area contributed by atoms with Crippen molar-refractivity contribution in [2.24, 2.45) is 0 Å². The molecule has 0 aromatic carbocycles. The minimum atomic E-state index is -0.607. The van der Waals surface area contributed by atoms with Crippen LogP contribution in [0.25, 0.3) is 22.3 Å². The summed E-state index contributed by atoms with van der Waals surface area (Å²) < 4.78 is 20.2. The summed E-state index contributed by atoms with van der Waals surface area (Å²) in [6.07, 6.45) is 9.50. The molecule has 1 saturated heterocycles. The quantitative estimate of drug-likeness (QED) is 0.212. The van der Waals surface area contributed by atoms with Gasteiger partial charge in [-0.3, -0.25) is 24.0 Å². The molecule has 1 amide bonds. The molecule has 1 fully saturated rings. The molecule has 0 radical (unpaired) electrons. The van der Waals surface area contributed by atoms with Gasteiger partial charge in [-0.25, -0.2) is 24.7 Å². The van der Waals surface area contributed by atoms with E-state index in [9.17, 15) is 19.2 Å². The smallest absolute Gasteiger partial charge is 0.410 e. The molecule has 5 aromatic heterocycles. The molecule has 0 saturated carbocycles. The van der Waals surface area contributed by atoms with E-state index >= 15 is 0 Å². The second-order valence-electron chi connectivity index (χ2n) is 14.3. The van der Waals surface area contributed by atoms with Crippen molar-refractivity contribution in [3.05, 3.63) is 86.7 Å². The van der Waals surface area contributed by atoms with Crippen molar-refractivity contribution in [3.63, 3.8) is 0 Å². The van der Waals surface area contributed by atoms with Gasteiger partial charge in [0, 0.05) is 50.7 Å². The van der Waals surface area contributed by atoms with Gasteiger partial charge in [-0.1, -0.05) is 0 Å². The highest BCUT2D eigenvalue weighted by atomic mass is 16.6. The van der Waals surface area contributed by atoms with Crippen molar-refractivity contribution < 1.29 is 23.8 Å². The molecule has 2 aliphatic rings. The zero-order valence-electron chi connectivity index (χ0n) is 31.2. The number of aldehydes is 1. The van der Waals surface area contributed by atoms with Crippen LogP contribution in [-0.4, -0.2) is 101 Å². The number of amides is 1. The maximum absolute atomic E-state index is 13.3. The first-order valence-electron chi connectivity index (χ1n) is 17.9. The maximum atomic E-state index is 13.3. The summed E-state index contributed by atoms with van der Waals surface area (Å²) in [6, 6.07) is 5.59. The molecule has 0 spiro atoms. The fourth-order valence-corrected chi connectivity index (χ4v) is 6.40. The molecular formula is C38H45N9O7. The molecule has 0 unspecified atom stereocenters. The zero-order valence-corrected chi connectivity index (χ0v) is 31.2. The Balaban J connectivity index is 0.000000276. The van der Waals surface area contributed by atoms with E-state index in [0.29, 0.717) is 60.9 Å². The van der Waals surface area contributed by atoms with Gasteiger partial charge in [-0.05, 0) is 70.7 Å². The molecule has 16 heteroatoms. The first kappa shape index (κ1) is 38.0. The molecule has 7 rings (SSSR count). The second-order valence-corrected chi connectivity index (χ2v) is 14.3. The van der Waals surface area contributed by atoms with Gasteiger partial charge in [0.2, 0.25) is 0 Å². The molecule has 0 bridgehead atoms. The SMILES string of the molecule is Cc1cnc2ncc(=O)n(CC=O)c2c1.Cc1cnc2ncc(=O)n(CCN3CCC(N(Cc4cc5c(cn4)OCCO5)C(=O)OC(C)(C)C)CC3)c2c1. The number of aromatic nitrogens is 7. The highest BCUT2D eigenvalue weighted by Crippen LogP contribution is 2.30. The van der Waals surface area contributed by atoms with E-state index in [-0.39, 0.29) is 29.8 Å². The molecule has 0 N–H and O–H groups in total. The van der Waals surface area contributed by atoms with Gasteiger partial charge < -0.3 is 28.5 Å². The number of likely N-dealkylation sites (tertiary alicyclic amines) is 1. The van der Waals surface area contributed by atoms with Crippen LogP contribution in [0.2, 0.25) is 0 Å². The van der Waals surface area contributed by atoms with E-state index in [2.05, 4.69) is 29.8 Å². The van der Waals surface area contributed by atoms with Crippen LogP contribution in [0.4, 0.5) is 4.79 Å². The van der Waals surface area contributed by atoms with Crippen LogP contribution in [0.5, 0.6) is 11.5 Å². The number of pyridine rings is 3. The fraction of sp³-hybridized carbons (Fsp3) is 0.447. The van der Waals surface area contributed by atoms with Crippen LogP contribution >= 0.6 is 0 Å². The fourth-order valence-electron chi connectivity index (χ4n) is 6.40. The average molecular weight is 740 g/mol. The lowest BCUT2D eigenvalue weighted by Gasteiger charge is -2.39. The van der Waals surface area contributed by atoms with Crippen molar-refractivity contribution in [2.45, 2.75) is 78.7 Å². The Morgan fingerprint density at radius 2 is 1.39 bits per heavy atom. The summed E-state index contributed by atoms with van der Waals surface area (Å²) in [7, 11) is 0. The highest BCUT2D eigenvalue weighted by Gasteiger charge is 2.32. The number of carbonyl (C=O) groups is 2. The molecule has 54 heavy (non-hydrogen) atoms. The van der Waals surface area contributed by atoms with Crippen LogP contribution in [0.1, 0.15) is 50.4 Å². The van der Waals surface area contributed by atoms with Gasteiger partial charge in [-0.2, -0.15) is 0 Å². The van der Waals surface area contributed by atoms with Crippen molar-refractivity contribution in [1.82, 2.24) is 43.9 Å². The van der Waals surface area contributed by atoms with E-state index < -0.39 is 5.60 Å². The third-order valence-corrected chi connectivity index (χ3v) is 9.02. The van der Waals surface area contributed by atoms with Crippen LogP contribution in [0, 0.1) is 13.8 Å². The Labute approximate surface area is 311 Å². The monoisotopic (exact) mass is 739 g/mol. The molecule has 0 atom stereocenters. The predicted molar refractivity (Wildman–Crippen MR) is 200 cm³/mol. The second kappa shape index (κ2) is 16.5. The van der Waals surface area contributed by atoms with E-state index in [1.165, 1.54) is 17.0 Å². The Morgan fingerprint density at radius 3 is 2.00 bits per heavy atom. The number of carbonyl (C=O) groups excluding carboxylic acids is 2. The predicted octanol–water partition coefficient (Wildman–Crippen LogP) is 3.47. The molecular weight excluding hydrogens is 694 g/mol. The summed E-state index contributed by atoms with van der Waals surface area (Å²) in [6.45, 7) is 13.6. The van der Waals surface area contributed by atoms with Gasteiger partial charge in [0.05, 0.1) is 48.4 Å². The third-order valence-electron chi connectivity index (χ3n) is 9.02. The van der Waals surface area contributed by atoms with Gasteiger partial charge in [0.1, 0.15) is 25.1 Å². The van der Waals surface area contributed by atoms with Gasteiger partial charge in [-0.15, -0.1) is 0 Å². The number of hydrogen-bond acceptors (Lipinski definition) is 13. The Morgan fingerprint density at radius 1 is 0.815 bits per heavy atom. The molecule has 2 aliphatic heterocycles. The summed E-state index contributed by atoms with van der Waals surface area (Å²) in [5.74, 6) is 1.27. The minimum absolute atomic E-state index is 0.00225. The van der Waals surface area contributed by atoms with Crippen LogP contribution in [0.15, 0.2) is 58.8 Å². The summed E-state index contributed by atoms with van der Waals surface area (Å²) in [5, 5.41) is 0. The van der Waals surface area contributed by atoms with Crippen LogP contribution in [0.3, 0.4) is 0 Å². The summed E-state index contributed by atoms with van der Waals surface area (Å²) in [5.41, 5.74) is 3.99. The van der Waals surface area contributed by atoms with Crippen molar-refractivity contribution in [2.75, 3.05) is 32.8 Å². The molecule has 7 heterocycles. The third kappa shape index (κ3) is 9.23. The van der Waals surface area contributed by atoms with E-state index in [1.807, 2.05) is 46.8 Å². The van der Waals surface area contributed by atoms with Crippen molar-refractivity contribution >= 4 is 34.7 Å². The number of piperidine rings is 1. The number of aryl methyl sites for hydroxylation is 2. The number of fused-ring (bicyclic) bond motifs is 3. The average Bonchev–Trinajstić information content (AvgIpc) is 3.14. The normalized spacial score (nSPS) is 14.7. The van der Waals surface area contributed by atoms with Crippen LogP contribution < -0.4 is 20.6 Å². The Bertz CT molecular complexity index is 2260. The molecule has 5 aromatic rings. The lowest BCUT2D eigenvalue weighted by atomic mass is 10.0. The summed E-state index contributed by atoms with van der Waals surface area (Å²) in [4.78, 5) is 72.9. The number of hydrogen-bond donors (Lipinski definition) is 0. The van der Waals surface area contributed by atoms with Gasteiger partial charge in [0.25, 0.3) is 11.1 Å². The number of ether oxygens (including phenoxy) is 3. The molecule has 284 valence electrons. The summed E-state index contributed by atoms with van der Waals surface area (Å²) >= 11 is 0. The maximum Gasteiger partial charge on any atom is 0.410 e. The molecule has 16 nitrogen and oxygen atoms in total. The minimum Gasteiger partial charge on any atom is -0.486 e. The lowest BCUT2D eigenvalue weighted by Crippen LogP contribution is -2.49. The Kier molecular flexibility index (Phi) is 11.6. The standard InChI is InChI=1S/C28H36N6O5.C10H9N3O2/c1-19-13-22-26(30-15-19)31-17-25(35)33(22)10-9-32-7-5-21(6-8-32)34(27(36)39-28(2,3)4)18-20-14-23-24(16-29-20)38-12-11-37-23;1-7-4-8-10(11-5-7)12-6-9(15)13(8)2-3-14/h13-17,21H,5-12,18H2,1-4H3;3-6H,2H2,1H3. The van der Waals surface area contributed by atoms with Gasteiger partial charge in [0.15, 0.2) is 22.8 Å². The van der Waals surface area contributed by atoms with Gasteiger partial charge >= 0.3 is 6.09 Å². The largest absolute Gasteiger partial charge is 0.486 e. The van der Waals surface area contributed by atoms with E-state index in [0.717, 1.165) is 54.8 Å². The van der Waals surface area contributed by atoms with E-state index in [1.54, 1.807) is 34.1 Å². The molecule has 0 aliphatic carbocycles. The number of nitrogens with zero attached hydrogens (tertiary/aromatic N) is 9. The topological polar surface area (TPSA) is 177 Å². The van der Waals surface area contributed by atoms with Crippen molar-refractivity contribution in [3.8, 4) is 11.5 Å². The zero-order chi connectivity index (χ0) is 38.4.